The lowest BCUT2D eigenvalue weighted by Crippen LogP contribution is -2.15. The number of carbonyl (C=O) groups excluding carboxylic acids is 1. The molecule has 1 amide bonds. The third-order valence-electron chi connectivity index (χ3n) is 4.54. The zero-order chi connectivity index (χ0) is 20.2. The van der Waals surface area contributed by atoms with Crippen molar-refractivity contribution in [2.45, 2.75) is 13.3 Å². The van der Waals surface area contributed by atoms with Gasteiger partial charge in [0, 0.05) is 22.5 Å². The molecular weight excluding hydrogens is 370 g/mol. The van der Waals surface area contributed by atoms with Crippen LogP contribution in [0.4, 0.5) is 5.69 Å². The Bertz CT molecular complexity index is 1100. The molecule has 29 heavy (non-hydrogen) atoms. The first-order valence-electron chi connectivity index (χ1n) is 8.95. The highest BCUT2D eigenvalue weighted by molar-refractivity contribution is 5.93. The predicted molar refractivity (Wildman–Crippen MR) is 107 cm³/mol. The zero-order valence-electron chi connectivity index (χ0n) is 16.0. The van der Waals surface area contributed by atoms with Crippen molar-refractivity contribution in [2.75, 3.05) is 12.4 Å². The highest BCUT2D eigenvalue weighted by Crippen LogP contribution is 2.26. The van der Waals surface area contributed by atoms with E-state index >= 15 is 0 Å². The molecule has 2 aromatic heterocycles. The summed E-state index contributed by atoms with van der Waals surface area (Å²) in [6.07, 6.45) is 1.72. The number of nitrogens with one attached hydrogen (secondary N) is 2. The van der Waals surface area contributed by atoms with Crippen molar-refractivity contribution in [1.29, 1.82) is 0 Å². The van der Waals surface area contributed by atoms with E-state index in [0.717, 1.165) is 34.0 Å². The number of carbonyl (C=O) groups is 1. The molecule has 0 aliphatic carbocycles. The number of tetrazole rings is 1. The first-order valence-corrected chi connectivity index (χ1v) is 8.95. The largest absolute Gasteiger partial charge is 0.497 e. The van der Waals surface area contributed by atoms with Crippen LogP contribution >= 0.6 is 0 Å². The summed E-state index contributed by atoms with van der Waals surface area (Å²) in [5.74, 6) is 0.643. The Morgan fingerprint density at radius 1 is 1.14 bits per heavy atom. The lowest BCUT2D eigenvalue weighted by molar-refractivity contribution is -0.115. The van der Waals surface area contributed by atoms with E-state index in [2.05, 4.69) is 31.0 Å². The van der Waals surface area contributed by atoms with Gasteiger partial charge in [-0.1, -0.05) is 0 Å². The second-order valence-electron chi connectivity index (χ2n) is 6.43. The van der Waals surface area contributed by atoms with Gasteiger partial charge in [-0.05, 0) is 65.9 Å². The second kappa shape index (κ2) is 7.93. The quantitative estimate of drug-likeness (QED) is 0.524. The van der Waals surface area contributed by atoms with Crippen molar-refractivity contribution in [3.05, 3.63) is 66.1 Å². The maximum atomic E-state index is 12.6. The summed E-state index contributed by atoms with van der Waals surface area (Å²) in [6.45, 7) is 1.91. The molecule has 9 nitrogen and oxygen atoms in total. The molecule has 2 heterocycles. The molecule has 0 aliphatic rings. The molecule has 0 bridgehead atoms. The number of rotatable bonds is 6. The molecule has 146 valence electrons. The van der Waals surface area contributed by atoms with Crippen molar-refractivity contribution in [2.24, 2.45) is 0 Å². The molecule has 0 aliphatic heterocycles. The first-order chi connectivity index (χ1) is 14.1. The van der Waals surface area contributed by atoms with Gasteiger partial charge in [-0.25, -0.2) is 4.68 Å². The molecule has 4 aromatic rings. The van der Waals surface area contributed by atoms with Crippen LogP contribution in [0.3, 0.4) is 0 Å². The summed E-state index contributed by atoms with van der Waals surface area (Å²) in [6, 6.07) is 14.9. The lowest BCUT2D eigenvalue weighted by Gasteiger charge is -2.08. The fourth-order valence-electron chi connectivity index (χ4n) is 3.00. The SMILES string of the molecule is COc1ccc(-c2n[nH]c(C)c2CC(=O)Nc2ccc(-n3cnnn3)cc2)cc1. The highest BCUT2D eigenvalue weighted by Gasteiger charge is 2.16. The van der Waals surface area contributed by atoms with E-state index in [9.17, 15) is 4.79 Å². The van der Waals surface area contributed by atoms with E-state index in [4.69, 9.17) is 4.74 Å². The van der Waals surface area contributed by atoms with Crippen molar-refractivity contribution in [3.63, 3.8) is 0 Å². The van der Waals surface area contributed by atoms with Crippen molar-refractivity contribution < 1.29 is 9.53 Å². The van der Waals surface area contributed by atoms with E-state index in [1.165, 1.54) is 6.33 Å². The van der Waals surface area contributed by atoms with Crippen LogP contribution < -0.4 is 10.1 Å². The van der Waals surface area contributed by atoms with Gasteiger partial charge in [0.1, 0.15) is 12.1 Å². The number of aryl methyl sites for hydroxylation is 1. The Morgan fingerprint density at radius 3 is 2.55 bits per heavy atom. The van der Waals surface area contributed by atoms with Crippen molar-refractivity contribution >= 4 is 11.6 Å². The summed E-state index contributed by atoms with van der Waals surface area (Å²) >= 11 is 0. The molecule has 4 rings (SSSR count). The van der Waals surface area contributed by atoms with Crippen LogP contribution in [0.15, 0.2) is 54.9 Å². The number of ether oxygens (including phenoxy) is 1. The van der Waals surface area contributed by atoms with Crippen LogP contribution in [0.25, 0.3) is 16.9 Å². The molecule has 0 atom stereocenters. The molecule has 0 saturated carbocycles. The Balaban J connectivity index is 1.48. The second-order valence-corrected chi connectivity index (χ2v) is 6.43. The summed E-state index contributed by atoms with van der Waals surface area (Å²) in [5.41, 5.74) is 4.90. The van der Waals surface area contributed by atoms with Gasteiger partial charge in [-0.2, -0.15) is 5.10 Å². The Morgan fingerprint density at radius 2 is 1.90 bits per heavy atom. The van der Waals surface area contributed by atoms with Crippen LogP contribution in [0.1, 0.15) is 11.3 Å². The summed E-state index contributed by atoms with van der Waals surface area (Å²) in [7, 11) is 1.62. The number of anilines is 1. The lowest BCUT2D eigenvalue weighted by atomic mass is 10.0. The number of hydrogen-bond donors (Lipinski definition) is 2. The van der Waals surface area contributed by atoms with Gasteiger partial charge >= 0.3 is 0 Å². The normalized spacial score (nSPS) is 10.7. The maximum absolute atomic E-state index is 12.6. The van der Waals surface area contributed by atoms with Gasteiger partial charge in [-0.15, -0.1) is 5.10 Å². The van der Waals surface area contributed by atoms with Crippen LogP contribution in [-0.2, 0) is 11.2 Å². The minimum atomic E-state index is -0.126. The molecule has 2 aromatic carbocycles. The highest BCUT2D eigenvalue weighted by atomic mass is 16.5. The van der Waals surface area contributed by atoms with E-state index in [1.807, 2.05) is 55.5 Å². The monoisotopic (exact) mass is 389 g/mol. The Kier molecular flexibility index (Phi) is 5.02. The molecule has 0 fully saturated rings. The number of benzene rings is 2. The van der Waals surface area contributed by atoms with Crippen LogP contribution in [0.2, 0.25) is 0 Å². The van der Waals surface area contributed by atoms with Crippen LogP contribution in [0, 0.1) is 6.92 Å². The molecule has 0 saturated heterocycles. The van der Waals surface area contributed by atoms with Crippen LogP contribution in [0.5, 0.6) is 5.75 Å². The molecule has 0 radical (unpaired) electrons. The van der Waals surface area contributed by atoms with Crippen molar-refractivity contribution in [3.8, 4) is 22.7 Å². The number of hydrogen-bond acceptors (Lipinski definition) is 6. The van der Waals surface area contributed by atoms with Gasteiger partial charge in [0.05, 0.1) is 24.9 Å². The molecule has 9 heteroatoms. The summed E-state index contributed by atoms with van der Waals surface area (Å²) in [5, 5.41) is 21.3. The number of H-pyrrole nitrogens is 1. The number of methoxy groups -OCH3 is 1. The fourth-order valence-corrected chi connectivity index (χ4v) is 3.00. The van der Waals surface area contributed by atoms with Gasteiger partial charge in [0.25, 0.3) is 0 Å². The third-order valence-corrected chi connectivity index (χ3v) is 4.54. The smallest absolute Gasteiger partial charge is 0.228 e. The van der Waals surface area contributed by atoms with E-state index in [1.54, 1.807) is 11.8 Å². The maximum Gasteiger partial charge on any atom is 0.228 e. The summed E-state index contributed by atoms with van der Waals surface area (Å²) in [4.78, 5) is 12.6. The summed E-state index contributed by atoms with van der Waals surface area (Å²) < 4.78 is 6.74. The minimum Gasteiger partial charge on any atom is -0.497 e. The average Bonchev–Trinajstić information content (AvgIpc) is 3.40. The van der Waals surface area contributed by atoms with Gasteiger partial charge in [0.15, 0.2) is 0 Å². The molecule has 0 unspecified atom stereocenters. The van der Waals surface area contributed by atoms with Crippen molar-refractivity contribution in [1.82, 2.24) is 30.4 Å². The number of aromatic nitrogens is 6. The van der Waals surface area contributed by atoms with Gasteiger partial charge < -0.3 is 10.1 Å². The first kappa shape index (κ1) is 18.4. The van der Waals surface area contributed by atoms with E-state index < -0.39 is 0 Å². The average molecular weight is 389 g/mol. The fraction of sp³-hybridized carbons (Fsp3) is 0.150. The van der Waals surface area contributed by atoms with E-state index in [-0.39, 0.29) is 12.3 Å². The number of amides is 1. The van der Waals surface area contributed by atoms with Gasteiger partial charge in [-0.3, -0.25) is 9.89 Å². The standard InChI is InChI=1S/C20H19N7O2/c1-13-18(20(24-23-13)14-3-9-17(29-2)10-4-14)11-19(28)22-15-5-7-16(8-6-15)27-12-21-25-26-27/h3-10,12H,11H2,1-2H3,(H,22,28)(H,23,24). The Hall–Kier alpha value is -4.01. The molecular formula is C20H19N7O2. The zero-order valence-corrected chi connectivity index (χ0v) is 16.0. The predicted octanol–water partition coefficient (Wildman–Crippen LogP) is 2.55. The van der Waals surface area contributed by atoms with Crippen LogP contribution in [-0.4, -0.2) is 43.4 Å². The van der Waals surface area contributed by atoms with Gasteiger partial charge in [0.2, 0.25) is 5.91 Å². The third kappa shape index (κ3) is 3.98. The number of aromatic amines is 1. The Labute approximate surface area is 166 Å². The number of nitrogens with zero attached hydrogens (tertiary/aromatic N) is 5. The minimum absolute atomic E-state index is 0.126. The molecule has 2 N–H and O–H groups in total. The topological polar surface area (TPSA) is 111 Å². The van der Waals surface area contributed by atoms with E-state index in [0.29, 0.717) is 5.69 Å². The molecule has 0 spiro atoms.